The number of benzene rings is 2. The number of nitrogens with zero attached hydrogens (tertiary/aromatic N) is 2. The van der Waals surface area contributed by atoms with Gasteiger partial charge in [0.25, 0.3) is 5.91 Å². The number of carboxylic acid groups (broad SMARTS) is 1. The summed E-state index contributed by atoms with van der Waals surface area (Å²) in [6.07, 6.45) is -0.156. The van der Waals surface area contributed by atoms with Gasteiger partial charge in [-0.3, -0.25) is 14.5 Å². The molecule has 1 fully saturated rings. The standard InChI is InChI=1S/C20H18FN3O5/c21-12-5-7-13(8-6-12)22-20(28)24-10-14-9-16(24)19(27)23(11-18(25)26)15-3-1-2-4-17(15)29-14/h1-8,14,16H,9-11H2,(H,22,28)(H,25,26)/t14-,16-/m0/s1. The molecule has 2 aromatic carbocycles. The Kier molecular flexibility index (Phi) is 4.79. The van der Waals surface area contributed by atoms with E-state index < -0.39 is 42.4 Å². The molecule has 0 unspecified atom stereocenters. The molecule has 9 heteroatoms. The Hall–Kier alpha value is -3.62. The molecule has 2 aliphatic rings. The molecule has 0 radical (unpaired) electrons. The first-order chi connectivity index (χ1) is 13.9. The molecular weight excluding hydrogens is 381 g/mol. The monoisotopic (exact) mass is 399 g/mol. The highest BCUT2D eigenvalue weighted by molar-refractivity contribution is 6.04. The van der Waals surface area contributed by atoms with E-state index in [0.29, 0.717) is 17.1 Å². The van der Waals surface area contributed by atoms with Crippen LogP contribution in [0.3, 0.4) is 0 Å². The summed E-state index contributed by atoms with van der Waals surface area (Å²) in [4.78, 5) is 39.8. The molecule has 0 spiro atoms. The van der Waals surface area contributed by atoms with Gasteiger partial charge in [-0.25, -0.2) is 9.18 Å². The zero-order valence-electron chi connectivity index (χ0n) is 15.2. The minimum absolute atomic E-state index is 0.165. The number of anilines is 2. The van der Waals surface area contributed by atoms with Crippen LogP contribution in [0.15, 0.2) is 48.5 Å². The van der Waals surface area contributed by atoms with Crippen LogP contribution < -0.4 is 15.0 Å². The zero-order chi connectivity index (χ0) is 20.5. The van der Waals surface area contributed by atoms with Crippen molar-refractivity contribution in [2.45, 2.75) is 18.6 Å². The van der Waals surface area contributed by atoms with Gasteiger partial charge in [0.15, 0.2) is 0 Å². The van der Waals surface area contributed by atoms with Crippen molar-refractivity contribution in [3.63, 3.8) is 0 Å². The number of fused-ring (bicyclic) bond motifs is 3. The molecule has 4 rings (SSSR count). The molecular formula is C20H18FN3O5. The molecule has 29 heavy (non-hydrogen) atoms. The Morgan fingerprint density at radius 1 is 1.17 bits per heavy atom. The van der Waals surface area contributed by atoms with E-state index in [2.05, 4.69) is 5.32 Å². The number of aliphatic carboxylic acids is 1. The van der Waals surface area contributed by atoms with E-state index in [4.69, 9.17) is 4.74 Å². The molecule has 0 saturated carbocycles. The lowest BCUT2D eigenvalue weighted by Gasteiger charge is -2.30. The maximum absolute atomic E-state index is 13.2. The van der Waals surface area contributed by atoms with Crippen LogP contribution in [-0.2, 0) is 9.59 Å². The number of amides is 3. The number of likely N-dealkylation sites (tertiary alicyclic amines) is 1. The van der Waals surface area contributed by atoms with E-state index in [1.807, 2.05) is 0 Å². The highest BCUT2D eigenvalue weighted by Crippen LogP contribution is 2.36. The third kappa shape index (κ3) is 3.71. The fourth-order valence-electron chi connectivity index (χ4n) is 3.63. The molecule has 2 atom stereocenters. The minimum Gasteiger partial charge on any atom is -0.486 e. The summed E-state index contributed by atoms with van der Waals surface area (Å²) in [5, 5.41) is 11.9. The molecule has 3 amide bonds. The number of para-hydroxylation sites is 2. The third-order valence-electron chi connectivity index (χ3n) is 4.91. The van der Waals surface area contributed by atoms with Gasteiger partial charge in [-0.05, 0) is 36.4 Å². The normalized spacial score (nSPS) is 20.4. The summed E-state index contributed by atoms with van der Waals surface area (Å²) in [6, 6.07) is 10.6. The summed E-state index contributed by atoms with van der Waals surface area (Å²) in [5.74, 6) is -1.70. The number of rotatable bonds is 3. The molecule has 2 N–H and O–H groups in total. The van der Waals surface area contributed by atoms with Crippen LogP contribution in [0.2, 0.25) is 0 Å². The number of carbonyl (C=O) groups is 3. The van der Waals surface area contributed by atoms with Gasteiger partial charge in [0.1, 0.15) is 30.3 Å². The topological polar surface area (TPSA) is 99.2 Å². The lowest BCUT2D eigenvalue weighted by molar-refractivity contribution is -0.137. The summed E-state index contributed by atoms with van der Waals surface area (Å²) < 4.78 is 19.1. The number of ether oxygens (including phenoxy) is 1. The summed E-state index contributed by atoms with van der Waals surface area (Å²) >= 11 is 0. The predicted molar refractivity (Wildman–Crippen MR) is 101 cm³/mol. The molecule has 2 aromatic rings. The first kappa shape index (κ1) is 18.7. The van der Waals surface area contributed by atoms with E-state index in [1.54, 1.807) is 24.3 Å². The lowest BCUT2D eigenvalue weighted by Crippen LogP contribution is -2.50. The Morgan fingerprint density at radius 2 is 1.90 bits per heavy atom. The van der Waals surface area contributed by atoms with Gasteiger partial charge in [0.05, 0.1) is 12.2 Å². The van der Waals surface area contributed by atoms with Gasteiger partial charge in [0.2, 0.25) is 0 Å². The molecule has 8 nitrogen and oxygen atoms in total. The number of carbonyl (C=O) groups excluding carboxylic acids is 2. The van der Waals surface area contributed by atoms with Crippen LogP contribution in [0.5, 0.6) is 5.75 Å². The quantitative estimate of drug-likeness (QED) is 0.825. The minimum atomic E-state index is -1.18. The molecule has 1 saturated heterocycles. The highest BCUT2D eigenvalue weighted by Gasteiger charge is 2.45. The predicted octanol–water partition coefficient (Wildman–Crippen LogP) is 2.31. The largest absolute Gasteiger partial charge is 0.486 e. The smallest absolute Gasteiger partial charge is 0.323 e. The van der Waals surface area contributed by atoms with Crippen molar-refractivity contribution in [3.05, 3.63) is 54.3 Å². The second-order valence-electron chi connectivity index (χ2n) is 6.87. The Bertz CT molecular complexity index is 965. The summed E-state index contributed by atoms with van der Waals surface area (Å²) in [6.45, 7) is -0.382. The summed E-state index contributed by atoms with van der Waals surface area (Å²) in [5.41, 5.74) is 0.739. The molecule has 2 aliphatic heterocycles. The van der Waals surface area contributed by atoms with Crippen molar-refractivity contribution >= 4 is 29.3 Å². The molecule has 2 bridgehead atoms. The Balaban J connectivity index is 1.62. The number of hydrogen-bond donors (Lipinski definition) is 2. The van der Waals surface area contributed by atoms with E-state index in [1.165, 1.54) is 29.2 Å². The average Bonchev–Trinajstić information content (AvgIpc) is 3.12. The number of carboxylic acids is 1. The second kappa shape index (κ2) is 7.42. The van der Waals surface area contributed by atoms with E-state index in [0.717, 1.165) is 4.90 Å². The fourth-order valence-corrected chi connectivity index (χ4v) is 3.63. The molecule has 2 heterocycles. The third-order valence-corrected chi connectivity index (χ3v) is 4.91. The molecule has 150 valence electrons. The first-order valence-corrected chi connectivity index (χ1v) is 9.04. The lowest BCUT2D eigenvalue weighted by atomic mass is 10.1. The number of halogens is 1. The average molecular weight is 399 g/mol. The van der Waals surface area contributed by atoms with Crippen LogP contribution in [0.4, 0.5) is 20.6 Å². The second-order valence-corrected chi connectivity index (χ2v) is 6.87. The van der Waals surface area contributed by atoms with Crippen molar-refractivity contribution in [1.29, 1.82) is 0 Å². The van der Waals surface area contributed by atoms with E-state index >= 15 is 0 Å². The van der Waals surface area contributed by atoms with E-state index in [9.17, 15) is 23.9 Å². The maximum Gasteiger partial charge on any atom is 0.323 e. The van der Waals surface area contributed by atoms with Crippen LogP contribution in [0.25, 0.3) is 0 Å². The van der Waals surface area contributed by atoms with Crippen molar-refractivity contribution in [2.75, 3.05) is 23.3 Å². The van der Waals surface area contributed by atoms with Crippen LogP contribution in [0.1, 0.15) is 6.42 Å². The van der Waals surface area contributed by atoms with Crippen LogP contribution in [0, 0.1) is 5.82 Å². The van der Waals surface area contributed by atoms with Crippen molar-refractivity contribution in [2.24, 2.45) is 0 Å². The van der Waals surface area contributed by atoms with Crippen LogP contribution >= 0.6 is 0 Å². The Labute approximate surface area is 165 Å². The summed E-state index contributed by atoms with van der Waals surface area (Å²) in [7, 11) is 0. The number of nitrogens with one attached hydrogen (secondary N) is 1. The SMILES string of the molecule is O=C(O)CN1C(=O)[C@@H]2C[C@@H](CN2C(=O)Nc2ccc(F)cc2)Oc2ccccc21. The molecule has 0 aromatic heterocycles. The van der Waals surface area contributed by atoms with Crippen molar-refractivity contribution in [1.82, 2.24) is 4.90 Å². The number of hydrogen-bond acceptors (Lipinski definition) is 4. The zero-order valence-corrected chi connectivity index (χ0v) is 15.2. The van der Waals surface area contributed by atoms with Gasteiger partial charge >= 0.3 is 12.0 Å². The van der Waals surface area contributed by atoms with Crippen LogP contribution in [-0.4, -0.2) is 53.1 Å². The van der Waals surface area contributed by atoms with Gasteiger partial charge in [-0.15, -0.1) is 0 Å². The van der Waals surface area contributed by atoms with Gasteiger partial charge in [-0.2, -0.15) is 0 Å². The molecule has 0 aliphatic carbocycles. The van der Waals surface area contributed by atoms with Gasteiger partial charge in [-0.1, -0.05) is 12.1 Å². The van der Waals surface area contributed by atoms with Gasteiger partial charge in [0, 0.05) is 12.1 Å². The van der Waals surface area contributed by atoms with Crippen molar-refractivity contribution < 1.29 is 28.6 Å². The fraction of sp³-hybridized carbons (Fsp3) is 0.250. The maximum atomic E-state index is 13.2. The highest BCUT2D eigenvalue weighted by atomic mass is 19.1. The van der Waals surface area contributed by atoms with E-state index in [-0.39, 0.29) is 13.0 Å². The van der Waals surface area contributed by atoms with Gasteiger partial charge < -0.3 is 20.1 Å². The first-order valence-electron chi connectivity index (χ1n) is 9.04. The van der Waals surface area contributed by atoms with Crippen molar-refractivity contribution in [3.8, 4) is 5.75 Å². The Morgan fingerprint density at radius 3 is 2.62 bits per heavy atom. The number of urea groups is 1.